The maximum Gasteiger partial charge on any atom is 0.514 e. The van der Waals surface area contributed by atoms with Crippen LogP contribution in [0.15, 0.2) is 23.0 Å². The summed E-state index contributed by atoms with van der Waals surface area (Å²) in [4.78, 5) is 11.9. The molecule has 2 atom stereocenters. The summed E-state index contributed by atoms with van der Waals surface area (Å²) in [5.41, 5.74) is -0.311. The van der Waals surface area contributed by atoms with Crippen LogP contribution in [0.3, 0.4) is 0 Å². The van der Waals surface area contributed by atoms with Crippen molar-refractivity contribution >= 4 is 6.16 Å². The molecule has 0 aliphatic heterocycles. The highest BCUT2D eigenvalue weighted by molar-refractivity contribution is 5.73. The van der Waals surface area contributed by atoms with Crippen LogP contribution in [0.1, 0.15) is 12.5 Å². The van der Waals surface area contributed by atoms with Gasteiger partial charge in [0.15, 0.2) is 29.1 Å². The first-order valence-corrected chi connectivity index (χ1v) is 7.08. The number of aliphatic hydroxyl groups is 4. The minimum atomic E-state index is -1.64. The van der Waals surface area contributed by atoms with Crippen molar-refractivity contribution in [1.29, 1.82) is 0 Å². The van der Waals surface area contributed by atoms with Crippen molar-refractivity contribution in [2.24, 2.45) is 5.92 Å². The van der Waals surface area contributed by atoms with Crippen molar-refractivity contribution in [1.82, 2.24) is 0 Å². The van der Waals surface area contributed by atoms with Crippen LogP contribution in [0.2, 0.25) is 0 Å². The van der Waals surface area contributed by atoms with Gasteiger partial charge in [-0.25, -0.2) is 4.79 Å². The second kappa shape index (κ2) is 6.35. The minimum Gasteiger partial charge on any atom is -0.508 e. The molecule has 0 fully saturated rings. The Labute approximate surface area is 145 Å². The zero-order valence-corrected chi connectivity index (χ0v) is 13.5. The maximum atomic E-state index is 11.9. The van der Waals surface area contributed by atoms with Crippen LogP contribution in [0.4, 0.5) is 4.79 Å². The Morgan fingerprint density at radius 3 is 1.88 bits per heavy atom. The lowest BCUT2D eigenvalue weighted by atomic mass is 9.94. The van der Waals surface area contributed by atoms with E-state index in [0.29, 0.717) is 0 Å². The third kappa shape index (κ3) is 2.79. The van der Waals surface area contributed by atoms with Gasteiger partial charge in [0, 0.05) is 5.56 Å². The molecule has 1 aliphatic rings. The number of ether oxygens (including phenoxy) is 2. The highest BCUT2D eigenvalue weighted by atomic mass is 16.7. The van der Waals surface area contributed by atoms with E-state index in [1.807, 2.05) is 0 Å². The zero-order chi connectivity index (χ0) is 19.9. The number of phenolic OH excluding ortho intramolecular Hbond substituents is 4. The van der Waals surface area contributed by atoms with Gasteiger partial charge in [-0.3, -0.25) is 0 Å². The van der Waals surface area contributed by atoms with Gasteiger partial charge in [0.25, 0.3) is 0 Å². The second-order valence-corrected chi connectivity index (χ2v) is 5.50. The first-order valence-electron chi connectivity index (χ1n) is 7.08. The van der Waals surface area contributed by atoms with Gasteiger partial charge in [-0.1, -0.05) is 6.92 Å². The maximum absolute atomic E-state index is 11.9. The van der Waals surface area contributed by atoms with Crippen LogP contribution in [-0.2, 0) is 4.74 Å². The van der Waals surface area contributed by atoms with E-state index in [1.54, 1.807) is 0 Å². The molecule has 2 unspecified atom stereocenters. The first kappa shape index (κ1) is 18.7. The summed E-state index contributed by atoms with van der Waals surface area (Å²) in [5, 5.41) is 76.5. The third-order valence-electron chi connectivity index (χ3n) is 3.86. The van der Waals surface area contributed by atoms with E-state index in [1.165, 1.54) is 6.92 Å². The van der Waals surface area contributed by atoms with Gasteiger partial charge in [0.2, 0.25) is 23.0 Å². The Morgan fingerprint density at radius 2 is 1.31 bits per heavy atom. The summed E-state index contributed by atoms with van der Waals surface area (Å²) < 4.78 is 9.43. The Bertz CT molecular complexity index is 807. The lowest BCUT2D eigenvalue weighted by Crippen LogP contribution is -2.34. The van der Waals surface area contributed by atoms with Crippen LogP contribution in [0, 0.1) is 12.8 Å². The number of aromatic hydroxyl groups is 4. The van der Waals surface area contributed by atoms with E-state index in [4.69, 9.17) is 4.74 Å². The number of carbonyl (C=O) groups is 1. The number of benzene rings is 1. The van der Waals surface area contributed by atoms with E-state index < -0.39 is 70.0 Å². The molecule has 0 spiro atoms. The fourth-order valence-electron chi connectivity index (χ4n) is 2.26. The van der Waals surface area contributed by atoms with E-state index in [-0.39, 0.29) is 5.56 Å². The highest BCUT2D eigenvalue weighted by Gasteiger charge is 2.39. The molecule has 8 N–H and O–H groups in total. The van der Waals surface area contributed by atoms with E-state index in [9.17, 15) is 45.6 Å². The molecule has 0 aromatic heterocycles. The van der Waals surface area contributed by atoms with Crippen LogP contribution >= 0.6 is 0 Å². The first-order chi connectivity index (χ1) is 12.0. The molecular formula is C15H16O11. The van der Waals surface area contributed by atoms with Crippen LogP contribution < -0.4 is 4.74 Å². The lowest BCUT2D eigenvalue weighted by molar-refractivity contribution is 0.0181. The lowest BCUT2D eigenvalue weighted by Gasteiger charge is -2.27. The Kier molecular flexibility index (Phi) is 4.57. The van der Waals surface area contributed by atoms with E-state index >= 15 is 0 Å². The number of phenols is 4. The minimum absolute atomic E-state index is 0.311. The fraction of sp³-hybridized carbons (Fsp3) is 0.267. The average molecular weight is 372 g/mol. The Balaban J connectivity index is 2.29. The van der Waals surface area contributed by atoms with E-state index in [2.05, 4.69) is 4.74 Å². The molecule has 0 saturated heterocycles. The van der Waals surface area contributed by atoms with Gasteiger partial charge in [0.05, 0.1) is 5.92 Å². The van der Waals surface area contributed by atoms with Crippen LogP contribution in [0.25, 0.3) is 0 Å². The van der Waals surface area contributed by atoms with Crippen molar-refractivity contribution < 1.29 is 55.1 Å². The molecule has 11 nitrogen and oxygen atoms in total. The molecule has 0 radical (unpaired) electrons. The molecule has 0 amide bonds. The number of rotatable bonds is 2. The van der Waals surface area contributed by atoms with Gasteiger partial charge in [-0.2, -0.15) is 0 Å². The molecule has 1 aromatic carbocycles. The van der Waals surface area contributed by atoms with Crippen LogP contribution in [-0.4, -0.2) is 53.1 Å². The summed E-state index contributed by atoms with van der Waals surface area (Å²) in [7, 11) is 0. The fourth-order valence-corrected chi connectivity index (χ4v) is 2.26. The molecule has 2 rings (SSSR count). The Morgan fingerprint density at radius 1 is 0.808 bits per heavy atom. The molecule has 0 bridgehead atoms. The number of hydrogen-bond acceptors (Lipinski definition) is 11. The quantitative estimate of drug-likeness (QED) is 0.163. The van der Waals surface area contributed by atoms with Gasteiger partial charge in [-0.05, 0) is 6.92 Å². The van der Waals surface area contributed by atoms with Crippen molar-refractivity contribution in [2.75, 3.05) is 0 Å². The van der Waals surface area contributed by atoms with Crippen molar-refractivity contribution in [3.05, 3.63) is 28.6 Å². The SMILES string of the molecule is Cc1c(O)c(O)c(O)c(O)c1OC(=O)OC1C(O)=C(O)C(O)=C(O)C1C. The molecular weight excluding hydrogens is 356 g/mol. The number of carbonyl (C=O) groups excluding carboxylic acids is 1. The summed E-state index contributed by atoms with van der Waals surface area (Å²) >= 11 is 0. The summed E-state index contributed by atoms with van der Waals surface area (Å²) in [6.45, 7) is 2.41. The highest BCUT2D eigenvalue weighted by Crippen LogP contribution is 2.51. The molecule has 26 heavy (non-hydrogen) atoms. The van der Waals surface area contributed by atoms with Gasteiger partial charge in [-0.15, -0.1) is 0 Å². The Hall–Kier alpha value is -3.63. The van der Waals surface area contributed by atoms with Crippen molar-refractivity contribution in [2.45, 2.75) is 20.0 Å². The summed E-state index contributed by atoms with van der Waals surface area (Å²) in [5.74, 6) is -9.78. The second-order valence-electron chi connectivity index (χ2n) is 5.50. The third-order valence-corrected chi connectivity index (χ3v) is 3.86. The predicted octanol–water partition coefficient (Wildman–Crippen LogP) is 2.01. The standard InChI is InChI=1S/C15H16O11/c1-3-5(16)7(18)9(20)11(22)13(3)25-15(24)26-14-4(2)6(17)8(19)10(21)12(14)23/h3,13,16-23H,1-2H3. The van der Waals surface area contributed by atoms with Gasteiger partial charge in [0.1, 0.15) is 5.76 Å². The smallest absolute Gasteiger partial charge is 0.508 e. The van der Waals surface area contributed by atoms with Crippen LogP contribution in [0.5, 0.6) is 28.7 Å². The normalized spacial score (nSPS) is 20.2. The summed E-state index contributed by atoms with van der Waals surface area (Å²) in [6.07, 6.45) is -3.20. The number of aliphatic hydroxyl groups excluding tert-OH is 4. The van der Waals surface area contributed by atoms with Gasteiger partial charge >= 0.3 is 6.16 Å². The monoisotopic (exact) mass is 372 g/mol. The molecule has 1 aliphatic carbocycles. The van der Waals surface area contributed by atoms with Gasteiger partial charge < -0.3 is 50.3 Å². The molecule has 11 heteroatoms. The van der Waals surface area contributed by atoms with E-state index in [0.717, 1.165) is 6.92 Å². The zero-order valence-electron chi connectivity index (χ0n) is 13.5. The molecule has 142 valence electrons. The topological polar surface area (TPSA) is 197 Å². The molecule has 1 aromatic rings. The van der Waals surface area contributed by atoms with Crippen molar-refractivity contribution in [3.8, 4) is 28.7 Å². The predicted molar refractivity (Wildman–Crippen MR) is 82.5 cm³/mol. The molecule has 0 heterocycles. The molecule has 0 saturated carbocycles. The van der Waals surface area contributed by atoms with Crippen molar-refractivity contribution in [3.63, 3.8) is 0 Å². The average Bonchev–Trinajstić information content (AvgIpc) is 2.62. The summed E-state index contributed by atoms with van der Waals surface area (Å²) in [6, 6.07) is 0. The largest absolute Gasteiger partial charge is 0.514 e. The number of hydrogen-bond donors (Lipinski definition) is 8.